The van der Waals surface area contributed by atoms with Crippen LogP contribution in [0.15, 0.2) is 0 Å². The molecule has 2 aliphatic heterocycles. The zero-order valence-electron chi connectivity index (χ0n) is 13.2. The van der Waals surface area contributed by atoms with Gasteiger partial charge in [0, 0.05) is 12.0 Å². The highest BCUT2D eigenvalue weighted by molar-refractivity contribution is 5.82. The molecular formula is C16H31N3O. The number of piperidine rings is 2. The molecule has 2 N–H and O–H groups in total. The SMILES string of the molecule is CC1CCN(CCCNC(=O)C2(C)CCNCC2)CC1. The molecule has 0 aromatic heterocycles. The first-order valence-electron chi connectivity index (χ1n) is 8.31. The van der Waals surface area contributed by atoms with Crippen LogP contribution in [0.25, 0.3) is 0 Å². The van der Waals surface area contributed by atoms with Gasteiger partial charge < -0.3 is 15.5 Å². The van der Waals surface area contributed by atoms with Crippen molar-refractivity contribution in [1.82, 2.24) is 15.5 Å². The van der Waals surface area contributed by atoms with Crippen LogP contribution >= 0.6 is 0 Å². The van der Waals surface area contributed by atoms with Crippen molar-refractivity contribution in [2.24, 2.45) is 11.3 Å². The second-order valence-corrected chi connectivity index (χ2v) is 6.94. The van der Waals surface area contributed by atoms with Gasteiger partial charge in [0.25, 0.3) is 0 Å². The van der Waals surface area contributed by atoms with Crippen LogP contribution in [0.3, 0.4) is 0 Å². The van der Waals surface area contributed by atoms with Crippen LogP contribution in [0.1, 0.15) is 46.0 Å². The van der Waals surface area contributed by atoms with Gasteiger partial charge in [-0.15, -0.1) is 0 Å². The smallest absolute Gasteiger partial charge is 0.226 e. The average Bonchev–Trinajstić information content (AvgIpc) is 2.46. The molecule has 20 heavy (non-hydrogen) atoms. The highest BCUT2D eigenvalue weighted by atomic mass is 16.2. The van der Waals surface area contributed by atoms with Crippen molar-refractivity contribution in [2.75, 3.05) is 39.3 Å². The molecule has 0 saturated carbocycles. The molecule has 116 valence electrons. The molecule has 2 saturated heterocycles. The Bertz CT molecular complexity index is 305. The lowest BCUT2D eigenvalue weighted by Crippen LogP contribution is -2.46. The van der Waals surface area contributed by atoms with Crippen molar-refractivity contribution in [2.45, 2.75) is 46.0 Å². The van der Waals surface area contributed by atoms with E-state index in [0.717, 1.165) is 51.4 Å². The summed E-state index contributed by atoms with van der Waals surface area (Å²) in [4.78, 5) is 14.8. The molecular weight excluding hydrogens is 250 g/mol. The third kappa shape index (κ3) is 4.45. The van der Waals surface area contributed by atoms with E-state index < -0.39 is 0 Å². The van der Waals surface area contributed by atoms with E-state index >= 15 is 0 Å². The molecule has 0 aromatic carbocycles. The van der Waals surface area contributed by atoms with Crippen molar-refractivity contribution in [3.8, 4) is 0 Å². The van der Waals surface area contributed by atoms with Gasteiger partial charge in [-0.3, -0.25) is 4.79 Å². The highest BCUT2D eigenvalue weighted by Crippen LogP contribution is 2.27. The second-order valence-electron chi connectivity index (χ2n) is 6.94. The summed E-state index contributed by atoms with van der Waals surface area (Å²) in [6, 6.07) is 0. The van der Waals surface area contributed by atoms with Gasteiger partial charge in [-0.25, -0.2) is 0 Å². The lowest BCUT2D eigenvalue weighted by atomic mass is 9.80. The summed E-state index contributed by atoms with van der Waals surface area (Å²) in [6.07, 6.45) is 5.66. The van der Waals surface area contributed by atoms with E-state index in [1.54, 1.807) is 0 Å². The Hall–Kier alpha value is -0.610. The van der Waals surface area contributed by atoms with Crippen molar-refractivity contribution in [3.63, 3.8) is 0 Å². The fraction of sp³-hybridized carbons (Fsp3) is 0.938. The van der Waals surface area contributed by atoms with Gasteiger partial charge in [0.15, 0.2) is 0 Å². The molecule has 4 nitrogen and oxygen atoms in total. The molecule has 2 heterocycles. The van der Waals surface area contributed by atoms with Crippen molar-refractivity contribution in [3.05, 3.63) is 0 Å². The highest BCUT2D eigenvalue weighted by Gasteiger charge is 2.34. The number of likely N-dealkylation sites (tertiary alicyclic amines) is 1. The van der Waals surface area contributed by atoms with Gasteiger partial charge in [-0.1, -0.05) is 13.8 Å². The molecule has 2 aliphatic rings. The molecule has 0 aromatic rings. The van der Waals surface area contributed by atoms with E-state index in [2.05, 4.69) is 29.4 Å². The first kappa shape index (κ1) is 15.8. The van der Waals surface area contributed by atoms with Crippen LogP contribution in [-0.4, -0.2) is 50.1 Å². The van der Waals surface area contributed by atoms with Gasteiger partial charge >= 0.3 is 0 Å². The predicted molar refractivity (Wildman–Crippen MR) is 82.7 cm³/mol. The van der Waals surface area contributed by atoms with Crippen molar-refractivity contribution >= 4 is 5.91 Å². The van der Waals surface area contributed by atoms with Crippen LogP contribution in [0.5, 0.6) is 0 Å². The van der Waals surface area contributed by atoms with Crippen LogP contribution < -0.4 is 10.6 Å². The largest absolute Gasteiger partial charge is 0.356 e. The first-order chi connectivity index (χ1) is 9.60. The minimum atomic E-state index is -0.147. The first-order valence-corrected chi connectivity index (χ1v) is 8.31. The zero-order valence-corrected chi connectivity index (χ0v) is 13.2. The normalized spacial score (nSPS) is 24.5. The van der Waals surface area contributed by atoms with Crippen LogP contribution in [-0.2, 0) is 4.79 Å². The third-order valence-electron chi connectivity index (χ3n) is 5.07. The molecule has 0 spiro atoms. The monoisotopic (exact) mass is 281 g/mol. The molecule has 0 bridgehead atoms. The summed E-state index contributed by atoms with van der Waals surface area (Å²) < 4.78 is 0. The average molecular weight is 281 g/mol. The molecule has 1 amide bonds. The van der Waals surface area contributed by atoms with E-state index in [4.69, 9.17) is 0 Å². The molecule has 4 heteroatoms. The van der Waals surface area contributed by atoms with E-state index in [0.29, 0.717) is 0 Å². The summed E-state index contributed by atoms with van der Waals surface area (Å²) in [6.45, 7) is 10.8. The maximum Gasteiger partial charge on any atom is 0.226 e. The van der Waals surface area contributed by atoms with E-state index in [1.165, 1.54) is 25.9 Å². The number of rotatable bonds is 5. The van der Waals surface area contributed by atoms with E-state index in [-0.39, 0.29) is 11.3 Å². The minimum absolute atomic E-state index is 0.147. The number of hydrogen-bond donors (Lipinski definition) is 2. The Kier molecular flexibility index (Phi) is 5.85. The van der Waals surface area contributed by atoms with E-state index in [1.807, 2.05) is 0 Å². The minimum Gasteiger partial charge on any atom is -0.356 e. The lowest BCUT2D eigenvalue weighted by Gasteiger charge is -2.33. The Morgan fingerprint density at radius 1 is 1.30 bits per heavy atom. The van der Waals surface area contributed by atoms with Crippen LogP contribution in [0, 0.1) is 11.3 Å². The standard InChI is InChI=1S/C16H31N3O/c1-14-4-12-19(13-5-14)11-3-8-18-15(20)16(2)6-9-17-10-7-16/h14,17H,3-13H2,1-2H3,(H,18,20). The molecule has 0 aliphatic carbocycles. The fourth-order valence-corrected chi connectivity index (χ4v) is 3.21. The topological polar surface area (TPSA) is 44.4 Å². The molecule has 0 unspecified atom stereocenters. The van der Waals surface area contributed by atoms with E-state index in [9.17, 15) is 4.79 Å². The van der Waals surface area contributed by atoms with Crippen LogP contribution in [0.2, 0.25) is 0 Å². The van der Waals surface area contributed by atoms with Crippen molar-refractivity contribution < 1.29 is 4.79 Å². The summed E-state index contributed by atoms with van der Waals surface area (Å²) in [5.41, 5.74) is -0.147. The predicted octanol–water partition coefficient (Wildman–Crippen LogP) is 1.61. The Morgan fingerprint density at radius 2 is 1.95 bits per heavy atom. The van der Waals surface area contributed by atoms with Gasteiger partial charge in [-0.05, 0) is 70.7 Å². The zero-order chi connectivity index (χ0) is 14.4. The molecule has 0 radical (unpaired) electrons. The van der Waals surface area contributed by atoms with Crippen LogP contribution in [0.4, 0.5) is 0 Å². The van der Waals surface area contributed by atoms with Gasteiger partial charge in [0.2, 0.25) is 5.91 Å². The molecule has 2 fully saturated rings. The van der Waals surface area contributed by atoms with Crippen molar-refractivity contribution in [1.29, 1.82) is 0 Å². The third-order valence-corrected chi connectivity index (χ3v) is 5.07. The molecule has 0 atom stereocenters. The van der Waals surface area contributed by atoms with Gasteiger partial charge in [0.05, 0.1) is 0 Å². The Labute approximate surface area is 123 Å². The second kappa shape index (κ2) is 7.41. The van der Waals surface area contributed by atoms with Gasteiger partial charge in [-0.2, -0.15) is 0 Å². The maximum atomic E-state index is 12.3. The fourth-order valence-electron chi connectivity index (χ4n) is 3.21. The lowest BCUT2D eigenvalue weighted by molar-refractivity contribution is -0.131. The number of nitrogens with zero attached hydrogens (tertiary/aromatic N) is 1. The quantitative estimate of drug-likeness (QED) is 0.753. The Morgan fingerprint density at radius 3 is 2.60 bits per heavy atom. The summed E-state index contributed by atoms with van der Waals surface area (Å²) >= 11 is 0. The number of carbonyl (C=O) groups is 1. The number of hydrogen-bond acceptors (Lipinski definition) is 3. The summed E-state index contributed by atoms with van der Waals surface area (Å²) in [5.74, 6) is 1.15. The Balaban J connectivity index is 1.59. The summed E-state index contributed by atoms with van der Waals surface area (Å²) in [7, 11) is 0. The maximum absolute atomic E-state index is 12.3. The van der Waals surface area contributed by atoms with Gasteiger partial charge in [0.1, 0.15) is 0 Å². The number of nitrogens with one attached hydrogen (secondary N) is 2. The number of amides is 1. The number of carbonyl (C=O) groups excluding carboxylic acids is 1. The summed E-state index contributed by atoms with van der Waals surface area (Å²) in [5, 5.41) is 6.47. The molecule has 2 rings (SSSR count).